The SMILES string of the molecule is COc1ccc([C@@H]2N=C(c3ccc(F)cc3)C[C@@H](c3ccccc3O)N2)cc1. The lowest BCUT2D eigenvalue weighted by Crippen LogP contribution is -2.33. The van der Waals surface area contributed by atoms with Crippen molar-refractivity contribution in [2.24, 2.45) is 4.99 Å². The molecule has 1 aliphatic heterocycles. The number of methoxy groups -OCH3 is 1. The molecule has 4 rings (SSSR count). The largest absolute Gasteiger partial charge is 0.508 e. The standard InChI is InChI=1S/C23H21FN2O2/c1-28-18-12-8-16(9-13-18)23-25-20(15-6-10-17(24)11-7-15)14-21(26-23)19-4-2-3-5-22(19)27/h2-13,21,23,26-27H,14H2,1H3/t21-,23+/m0/s1. The first kappa shape index (κ1) is 18.2. The highest BCUT2D eigenvalue weighted by Gasteiger charge is 2.27. The summed E-state index contributed by atoms with van der Waals surface area (Å²) in [7, 11) is 1.63. The Morgan fingerprint density at radius 3 is 2.39 bits per heavy atom. The van der Waals surface area contributed by atoms with Crippen molar-refractivity contribution in [3.8, 4) is 11.5 Å². The maximum Gasteiger partial charge on any atom is 0.126 e. The molecule has 4 nitrogen and oxygen atoms in total. The Bertz CT molecular complexity index is 984. The molecule has 2 N–H and O–H groups in total. The summed E-state index contributed by atoms with van der Waals surface area (Å²) in [5.41, 5.74) is 3.55. The molecule has 0 fully saturated rings. The third-order valence-electron chi connectivity index (χ3n) is 4.96. The van der Waals surface area contributed by atoms with E-state index in [-0.39, 0.29) is 23.8 Å². The highest BCUT2D eigenvalue weighted by atomic mass is 19.1. The number of phenolic OH excluding ortho intramolecular Hbond substituents is 1. The Morgan fingerprint density at radius 1 is 1.00 bits per heavy atom. The molecule has 142 valence electrons. The van der Waals surface area contributed by atoms with Gasteiger partial charge in [0.2, 0.25) is 0 Å². The van der Waals surface area contributed by atoms with E-state index in [4.69, 9.17) is 9.73 Å². The van der Waals surface area contributed by atoms with Crippen LogP contribution in [0.15, 0.2) is 77.8 Å². The minimum absolute atomic E-state index is 0.120. The number of hydrogen-bond donors (Lipinski definition) is 2. The lowest BCUT2D eigenvalue weighted by atomic mass is 9.93. The Kier molecular flexibility index (Phi) is 5.08. The Labute approximate surface area is 163 Å². The monoisotopic (exact) mass is 376 g/mol. The fourth-order valence-electron chi connectivity index (χ4n) is 3.46. The molecular formula is C23H21FN2O2. The summed E-state index contributed by atoms with van der Waals surface area (Å²) in [5, 5.41) is 13.8. The second-order valence-electron chi connectivity index (χ2n) is 6.74. The van der Waals surface area contributed by atoms with E-state index in [0.29, 0.717) is 6.42 Å². The van der Waals surface area contributed by atoms with Crippen molar-refractivity contribution in [1.29, 1.82) is 0 Å². The van der Waals surface area contributed by atoms with E-state index in [2.05, 4.69) is 5.32 Å². The number of halogens is 1. The predicted molar refractivity (Wildman–Crippen MR) is 107 cm³/mol. The molecule has 0 aliphatic carbocycles. The van der Waals surface area contributed by atoms with Crippen LogP contribution in [0.3, 0.4) is 0 Å². The highest BCUT2D eigenvalue weighted by molar-refractivity contribution is 6.01. The van der Waals surface area contributed by atoms with E-state index in [1.54, 1.807) is 31.4 Å². The van der Waals surface area contributed by atoms with Gasteiger partial charge in [-0.3, -0.25) is 10.3 Å². The van der Waals surface area contributed by atoms with Crippen LogP contribution in [0.4, 0.5) is 4.39 Å². The maximum atomic E-state index is 13.4. The average molecular weight is 376 g/mol. The van der Waals surface area contributed by atoms with Gasteiger partial charge in [0.05, 0.1) is 7.11 Å². The van der Waals surface area contributed by atoms with Gasteiger partial charge in [-0.15, -0.1) is 0 Å². The lowest BCUT2D eigenvalue weighted by Gasteiger charge is -2.31. The average Bonchev–Trinajstić information content (AvgIpc) is 2.74. The number of nitrogens with zero attached hydrogens (tertiary/aromatic N) is 1. The third kappa shape index (κ3) is 3.75. The Morgan fingerprint density at radius 2 is 1.71 bits per heavy atom. The number of ether oxygens (including phenoxy) is 1. The number of para-hydroxylation sites is 1. The molecule has 0 aromatic heterocycles. The fourth-order valence-corrected chi connectivity index (χ4v) is 3.46. The summed E-state index contributed by atoms with van der Waals surface area (Å²) in [5.74, 6) is 0.746. The molecule has 1 aliphatic rings. The molecule has 0 saturated carbocycles. The Balaban J connectivity index is 1.73. The molecule has 0 bridgehead atoms. The van der Waals surface area contributed by atoms with Crippen molar-refractivity contribution >= 4 is 5.71 Å². The normalized spacial score (nSPS) is 19.1. The zero-order valence-corrected chi connectivity index (χ0v) is 15.5. The molecule has 1 heterocycles. The van der Waals surface area contributed by atoms with Crippen molar-refractivity contribution in [1.82, 2.24) is 5.32 Å². The number of hydrogen-bond acceptors (Lipinski definition) is 4. The molecule has 3 aromatic rings. The maximum absolute atomic E-state index is 13.4. The van der Waals surface area contributed by atoms with Crippen LogP contribution in [0.25, 0.3) is 0 Å². The first-order valence-corrected chi connectivity index (χ1v) is 9.14. The van der Waals surface area contributed by atoms with Gasteiger partial charge in [0.1, 0.15) is 23.5 Å². The van der Waals surface area contributed by atoms with Crippen LogP contribution in [0, 0.1) is 5.82 Å². The minimum Gasteiger partial charge on any atom is -0.508 e. The van der Waals surface area contributed by atoms with Gasteiger partial charge in [-0.2, -0.15) is 0 Å². The van der Waals surface area contributed by atoms with E-state index >= 15 is 0 Å². The number of benzene rings is 3. The number of rotatable bonds is 4. The van der Waals surface area contributed by atoms with Crippen LogP contribution < -0.4 is 10.1 Å². The van der Waals surface area contributed by atoms with Crippen LogP contribution in [-0.4, -0.2) is 17.9 Å². The summed E-state index contributed by atoms with van der Waals surface area (Å²) >= 11 is 0. The van der Waals surface area contributed by atoms with Gasteiger partial charge in [-0.1, -0.05) is 42.5 Å². The summed E-state index contributed by atoms with van der Waals surface area (Å²) in [6.45, 7) is 0. The zero-order chi connectivity index (χ0) is 19.5. The van der Waals surface area contributed by atoms with Gasteiger partial charge in [-0.25, -0.2) is 4.39 Å². The fraction of sp³-hybridized carbons (Fsp3) is 0.174. The molecule has 0 spiro atoms. The predicted octanol–water partition coefficient (Wildman–Crippen LogP) is 4.76. The second kappa shape index (κ2) is 7.82. The number of aliphatic imine (C=N–C) groups is 1. The molecule has 0 unspecified atom stereocenters. The molecule has 0 saturated heterocycles. The van der Waals surface area contributed by atoms with E-state index in [1.807, 2.05) is 36.4 Å². The summed E-state index contributed by atoms with van der Waals surface area (Å²) in [6, 6.07) is 21.3. The molecule has 5 heteroatoms. The Hall–Kier alpha value is -3.18. The first-order chi connectivity index (χ1) is 13.6. The van der Waals surface area contributed by atoms with E-state index < -0.39 is 0 Å². The van der Waals surface area contributed by atoms with Crippen molar-refractivity contribution < 1.29 is 14.2 Å². The minimum atomic E-state index is -0.288. The zero-order valence-electron chi connectivity index (χ0n) is 15.5. The molecular weight excluding hydrogens is 355 g/mol. The van der Waals surface area contributed by atoms with Crippen LogP contribution in [0.1, 0.15) is 35.3 Å². The van der Waals surface area contributed by atoms with E-state index in [0.717, 1.165) is 28.2 Å². The van der Waals surface area contributed by atoms with Gasteiger partial charge in [-0.05, 0) is 41.5 Å². The second-order valence-corrected chi connectivity index (χ2v) is 6.74. The molecule has 0 radical (unpaired) electrons. The lowest BCUT2D eigenvalue weighted by molar-refractivity contribution is 0.408. The smallest absolute Gasteiger partial charge is 0.126 e. The van der Waals surface area contributed by atoms with Crippen molar-refractivity contribution in [2.45, 2.75) is 18.6 Å². The van der Waals surface area contributed by atoms with Gasteiger partial charge in [0, 0.05) is 23.7 Å². The van der Waals surface area contributed by atoms with Crippen LogP contribution in [0.5, 0.6) is 11.5 Å². The van der Waals surface area contributed by atoms with Gasteiger partial charge in [0.15, 0.2) is 0 Å². The molecule has 28 heavy (non-hydrogen) atoms. The van der Waals surface area contributed by atoms with Crippen LogP contribution in [0.2, 0.25) is 0 Å². The van der Waals surface area contributed by atoms with Gasteiger partial charge < -0.3 is 9.84 Å². The first-order valence-electron chi connectivity index (χ1n) is 9.14. The summed E-state index contributed by atoms with van der Waals surface area (Å²) < 4.78 is 18.6. The summed E-state index contributed by atoms with van der Waals surface area (Å²) in [6.07, 6.45) is 0.305. The number of nitrogens with one attached hydrogen (secondary N) is 1. The summed E-state index contributed by atoms with van der Waals surface area (Å²) in [4.78, 5) is 4.87. The molecule has 0 amide bonds. The number of aromatic hydroxyl groups is 1. The molecule has 3 aromatic carbocycles. The van der Waals surface area contributed by atoms with Crippen molar-refractivity contribution in [3.05, 3.63) is 95.3 Å². The van der Waals surface area contributed by atoms with Crippen molar-refractivity contribution in [3.63, 3.8) is 0 Å². The quantitative estimate of drug-likeness (QED) is 0.690. The van der Waals surface area contributed by atoms with E-state index in [1.165, 1.54) is 12.1 Å². The highest BCUT2D eigenvalue weighted by Crippen LogP contribution is 2.34. The van der Waals surface area contributed by atoms with Crippen LogP contribution in [-0.2, 0) is 0 Å². The van der Waals surface area contributed by atoms with E-state index in [9.17, 15) is 9.50 Å². The number of phenols is 1. The molecule has 2 atom stereocenters. The third-order valence-corrected chi connectivity index (χ3v) is 4.96. The van der Waals surface area contributed by atoms with Gasteiger partial charge >= 0.3 is 0 Å². The van der Waals surface area contributed by atoms with Crippen molar-refractivity contribution in [2.75, 3.05) is 7.11 Å². The van der Waals surface area contributed by atoms with Crippen LogP contribution >= 0.6 is 0 Å². The van der Waals surface area contributed by atoms with Gasteiger partial charge in [0.25, 0.3) is 0 Å². The topological polar surface area (TPSA) is 53.9 Å².